The number of alkyl halides is 1. The first-order chi connectivity index (χ1) is 9.15. The van der Waals surface area contributed by atoms with Gasteiger partial charge in [0.25, 0.3) is 0 Å². The van der Waals surface area contributed by atoms with Crippen molar-refractivity contribution in [3.05, 3.63) is 35.4 Å². The molecule has 0 radical (unpaired) electrons. The van der Waals surface area contributed by atoms with E-state index < -0.39 is 0 Å². The molecule has 0 heterocycles. The normalized spacial score (nSPS) is 12.2. The first-order valence-electron chi connectivity index (χ1n) is 7.04. The summed E-state index contributed by atoms with van der Waals surface area (Å²) in [4.78, 5) is 11.9. The second-order valence-corrected chi connectivity index (χ2v) is 5.48. The third-order valence-electron chi connectivity index (χ3n) is 3.25. The monoisotopic (exact) mass is 281 g/mol. The highest BCUT2D eigenvalue weighted by molar-refractivity contribution is 6.17. The minimum absolute atomic E-state index is 0.0984. The summed E-state index contributed by atoms with van der Waals surface area (Å²) >= 11 is 5.78. The number of halogens is 1. The molecule has 19 heavy (non-hydrogen) atoms. The number of carbonyl (C=O) groups excluding carboxylic acids is 1. The zero-order chi connectivity index (χ0) is 14.1. The molecule has 1 rings (SSSR count). The van der Waals surface area contributed by atoms with Crippen molar-refractivity contribution in [1.29, 1.82) is 0 Å². The van der Waals surface area contributed by atoms with Crippen LogP contribution in [0.1, 0.15) is 37.3 Å². The van der Waals surface area contributed by atoms with Gasteiger partial charge in [0.15, 0.2) is 0 Å². The Morgan fingerprint density at radius 3 is 2.79 bits per heavy atom. The molecular weight excluding hydrogens is 258 g/mol. The average Bonchev–Trinajstić information content (AvgIpc) is 2.36. The highest BCUT2D eigenvalue weighted by atomic mass is 35.5. The van der Waals surface area contributed by atoms with Gasteiger partial charge in [0.2, 0.25) is 5.91 Å². The molecule has 0 aliphatic rings. The molecular formula is C16H24ClNO. The standard InChI is InChI=1S/C16H24ClNO/c1-3-5-14(8-9-17)12-18-16(19)11-15-7-4-6-13(2)10-15/h4,6-7,10,14H,3,5,8-9,11-12H2,1-2H3,(H,18,19). The van der Waals surface area contributed by atoms with E-state index in [1.54, 1.807) is 0 Å². The van der Waals surface area contributed by atoms with Crippen LogP contribution in [0, 0.1) is 12.8 Å². The van der Waals surface area contributed by atoms with E-state index in [0.717, 1.165) is 31.4 Å². The fraction of sp³-hybridized carbons (Fsp3) is 0.562. The van der Waals surface area contributed by atoms with Crippen LogP contribution in [0.25, 0.3) is 0 Å². The van der Waals surface area contributed by atoms with Crippen LogP contribution < -0.4 is 5.32 Å². The van der Waals surface area contributed by atoms with E-state index in [1.807, 2.05) is 25.1 Å². The van der Waals surface area contributed by atoms with Crippen LogP contribution in [-0.4, -0.2) is 18.3 Å². The summed E-state index contributed by atoms with van der Waals surface area (Å²) in [6, 6.07) is 8.08. The van der Waals surface area contributed by atoms with Crippen LogP contribution in [0.2, 0.25) is 0 Å². The molecule has 0 aromatic heterocycles. The molecule has 0 aliphatic carbocycles. The summed E-state index contributed by atoms with van der Waals surface area (Å²) in [5.74, 6) is 1.27. The van der Waals surface area contributed by atoms with Crippen molar-refractivity contribution in [3.63, 3.8) is 0 Å². The molecule has 1 aromatic carbocycles. The van der Waals surface area contributed by atoms with Gasteiger partial charge < -0.3 is 5.32 Å². The average molecular weight is 282 g/mol. The fourth-order valence-electron chi connectivity index (χ4n) is 2.24. The summed E-state index contributed by atoms with van der Waals surface area (Å²) < 4.78 is 0. The Morgan fingerprint density at radius 1 is 1.37 bits per heavy atom. The fourth-order valence-corrected chi connectivity index (χ4v) is 2.55. The Labute approximate surface area is 121 Å². The predicted molar refractivity (Wildman–Crippen MR) is 81.6 cm³/mol. The third kappa shape index (κ3) is 6.63. The molecule has 0 aliphatic heterocycles. The van der Waals surface area contributed by atoms with Crippen molar-refractivity contribution in [3.8, 4) is 0 Å². The summed E-state index contributed by atoms with van der Waals surface area (Å²) in [6.07, 6.45) is 3.69. The number of rotatable bonds is 8. The first kappa shape index (κ1) is 16.0. The lowest BCUT2D eigenvalue weighted by Crippen LogP contribution is -2.30. The summed E-state index contributed by atoms with van der Waals surface area (Å²) in [7, 11) is 0. The molecule has 1 amide bonds. The van der Waals surface area contributed by atoms with Gasteiger partial charge in [-0.15, -0.1) is 11.6 Å². The second kappa shape index (κ2) is 8.98. The smallest absolute Gasteiger partial charge is 0.224 e. The minimum atomic E-state index is 0.0984. The van der Waals surface area contributed by atoms with Crippen LogP contribution >= 0.6 is 11.6 Å². The number of benzene rings is 1. The van der Waals surface area contributed by atoms with E-state index in [1.165, 1.54) is 5.56 Å². The highest BCUT2D eigenvalue weighted by Gasteiger charge is 2.09. The van der Waals surface area contributed by atoms with Gasteiger partial charge in [-0.2, -0.15) is 0 Å². The number of aryl methyl sites for hydroxylation is 1. The third-order valence-corrected chi connectivity index (χ3v) is 3.47. The molecule has 0 spiro atoms. The molecule has 1 N–H and O–H groups in total. The Morgan fingerprint density at radius 2 is 2.16 bits per heavy atom. The first-order valence-corrected chi connectivity index (χ1v) is 7.57. The Bertz CT molecular complexity index is 386. The molecule has 0 saturated heterocycles. The molecule has 106 valence electrons. The van der Waals surface area contributed by atoms with E-state index in [0.29, 0.717) is 18.2 Å². The Kier molecular flexibility index (Phi) is 7.57. The molecule has 0 bridgehead atoms. The maximum absolute atomic E-state index is 11.9. The predicted octanol–water partition coefficient (Wildman–Crippen LogP) is 3.70. The number of carbonyl (C=O) groups is 1. The van der Waals surface area contributed by atoms with Crippen molar-refractivity contribution in [2.75, 3.05) is 12.4 Å². The molecule has 1 aromatic rings. The van der Waals surface area contributed by atoms with Crippen molar-refractivity contribution in [2.24, 2.45) is 5.92 Å². The summed E-state index contributed by atoms with van der Waals surface area (Å²) in [5.41, 5.74) is 2.26. The molecule has 3 heteroatoms. The van der Waals surface area contributed by atoms with Crippen LogP contribution in [0.4, 0.5) is 0 Å². The van der Waals surface area contributed by atoms with E-state index in [4.69, 9.17) is 11.6 Å². The zero-order valence-corrected chi connectivity index (χ0v) is 12.7. The topological polar surface area (TPSA) is 29.1 Å². The summed E-state index contributed by atoms with van der Waals surface area (Å²) in [5, 5.41) is 3.02. The van der Waals surface area contributed by atoms with Crippen LogP contribution in [0.3, 0.4) is 0 Å². The molecule has 1 unspecified atom stereocenters. The Balaban J connectivity index is 2.38. The molecule has 2 nitrogen and oxygen atoms in total. The van der Waals surface area contributed by atoms with Crippen LogP contribution in [-0.2, 0) is 11.2 Å². The lowest BCUT2D eigenvalue weighted by atomic mass is 10.0. The minimum Gasteiger partial charge on any atom is -0.356 e. The van der Waals surface area contributed by atoms with Gasteiger partial charge in [-0.1, -0.05) is 43.2 Å². The number of hydrogen-bond acceptors (Lipinski definition) is 1. The van der Waals surface area contributed by atoms with Crippen molar-refractivity contribution >= 4 is 17.5 Å². The van der Waals surface area contributed by atoms with Crippen LogP contribution in [0.5, 0.6) is 0 Å². The van der Waals surface area contributed by atoms with E-state index in [2.05, 4.69) is 18.3 Å². The largest absolute Gasteiger partial charge is 0.356 e. The Hall–Kier alpha value is -1.02. The lowest BCUT2D eigenvalue weighted by Gasteiger charge is -2.15. The van der Waals surface area contributed by atoms with Crippen molar-refractivity contribution in [1.82, 2.24) is 5.32 Å². The second-order valence-electron chi connectivity index (χ2n) is 5.10. The molecule has 0 saturated carbocycles. The van der Waals surface area contributed by atoms with Gasteiger partial charge in [-0.3, -0.25) is 4.79 Å². The van der Waals surface area contributed by atoms with Crippen molar-refractivity contribution < 1.29 is 4.79 Å². The number of hydrogen-bond donors (Lipinski definition) is 1. The maximum atomic E-state index is 11.9. The summed E-state index contributed by atoms with van der Waals surface area (Å²) in [6.45, 7) is 4.94. The highest BCUT2D eigenvalue weighted by Crippen LogP contribution is 2.11. The van der Waals surface area contributed by atoms with E-state index >= 15 is 0 Å². The van der Waals surface area contributed by atoms with Gasteiger partial charge in [0.05, 0.1) is 6.42 Å². The molecule has 1 atom stereocenters. The van der Waals surface area contributed by atoms with Gasteiger partial charge in [0, 0.05) is 12.4 Å². The van der Waals surface area contributed by atoms with Gasteiger partial charge in [0.1, 0.15) is 0 Å². The van der Waals surface area contributed by atoms with Crippen LogP contribution in [0.15, 0.2) is 24.3 Å². The van der Waals surface area contributed by atoms with Crippen molar-refractivity contribution in [2.45, 2.75) is 39.5 Å². The quantitative estimate of drug-likeness (QED) is 0.723. The van der Waals surface area contributed by atoms with Gasteiger partial charge in [-0.25, -0.2) is 0 Å². The number of amides is 1. The number of nitrogens with one attached hydrogen (secondary N) is 1. The maximum Gasteiger partial charge on any atom is 0.224 e. The van der Waals surface area contributed by atoms with E-state index in [-0.39, 0.29) is 5.91 Å². The molecule has 0 fully saturated rings. The van der Waals surface area contributed by atoms with Gasteiger partial charge >= 0.3 is 0 Å². The SMILES string of the molecule is CCCC(CCCl)CNC(=O)Cc1cccc(C)c1. The lowest BCUT2D eigenvalue weighted by molar-refractivity contribution is -0.120. The van der Waals surface area contributed by atoms with E-state index in [9.17, 15) is 4.79 Å². The zero-order valence-electron chi connectivity index (χ0n) is 11.9. The van der Waals surface area contributed by atoms with Gasteiger partial charge in [-0.05, 0) is 31.2 Å².